The lowest BCUT2D eigenvalue weighted by Crippen LogP contribution is -2.41. The molecule has 0 radical (unpaired) electrons. The number of anilines is 1. The van der Waals surface area contributed by atoms with Crippen molar-refractivity contribution in [2.24, 2.45) is 0 Å². The Bertz CT molecular complexity index is 1060. The lowest BCUT2D eigenvalue weighted by Gasteiger charge is -2.27. The van der Waals surface area contributed by atoms with E-state index in [2.05, 4.69) is 5.32 Å². The number of nitrogens with zero attached hydrogens (tertiary/aromatic N) is 1. The fourth-order valence-corrected chi connectivity index (χ4v) is 3.47. The van der Waals surface area contributed by atoms with Crippen LogP contribution in [0.4, 0.5) is 5.69 Å². The minimum atomic E-state index is -0.324. The third kappa shape index (κ3) is 3.93. The summed E-state index contributed by atoms with van der Waals surface area (Å²) in [6.07, 6.45) is 0. The minimum absolute atomic E-state index is 0.116. The smallest absolute Gasteiger partial charge is 0.259 e. The molecule has 0 spiro atoms. The predicted octanol–water partition coefficient (Wildman–Crippen LogP) is 3.57. The number of morpholine rings is 1. The van der Waals surface area contributed by atoms with Crippen molar-refractivity contribution in [3.8, 4) is 5.75 Å². The fraction of sp³-hybridized carbons (Fsp3) is 0.217. The van der Waals surface area contributed by atoms with Gasteiger partial charge in [0.2, 0.25) is 0 Å². The number of nitrogens with one attached hydrogen (secondary N) is 1. The molecule has 1 saturated heterocycles. The molecule has 0 atom stereocenters. The number of rotatable bonds is 4. The van der Waals surface area contributed by atoms with E-state index in [1.54, 1.807) is 35.2 Å². The number of methoxy groups -OCH3 is 1. The van der Waals surface area contributed by atoms with Crippen LogP contribution in [0, 0.1) is 0 Å². The van der Waals surface area contributed by atoms with Crippen molar-refractivity contribution in [2.75, 3.05) is 38.7 Å². The van der Waals surface area contributed by atoms with Crippen molar-refractivity contribution in [1.29, 1.82) is 0 Å². The SMILES string of the molecule is COc1cc2ccccc2cc1C(=O)Nc1ccccc1C(=O)N1CCOCC1. The number of carbonyl (C=O) groups is 2. The van der Waals surface area contributed by atoms with Gasteiger partial charge in [-0.3, -0.25) is 9.59 Å². The molecule has 6 heteroatoms. The van der Waals surface area contributed by atoms with Crippen LogP contribution in [0.2, 0.25) is 0 Å². The maximum Gasteiger partial charge on any atom is 0.259 e. The molecule has 148 valence electrons. The highest BCUT2D eigenvalue weighted by molar-refractivity contribution is 6.11. The molecule has 3 aromatic rings. The Morgan fingerprint density at radius 2 is 1.59 bits per heavy atom. The average Bonchev–Trinajstić information content (AvgIpc) is 2.78. The van der Waals surface area contributed by atoms with Gasteiger partial charge in [0.25, 0.3) is 11.8 Å². The summed E-state index contributed by atoms with van der Waals surface area (Å²) >= 11 is 0. The Hall–Kier alpha value is -3.38. The van der Waals surface area contributed by atoms with E-state index in [0.717, 1.165) is 10.8 Å². The Morgan fingerprint density at radius 3 is 2.31 bits per heavy atom. The molecule has 1 heterocycles. The van der Waals surface area contributed by atoms with Gasteiger partial charge in [-0.25, -0.2) is 0 Å². The van der Waals surface area contributed by atoms with Crippen LogP contribution in [0.1, 0.15) is 20.7 Å². The first-order chi connectivity index (χ1) is 14.2. The van der Waals surface area contributed by atoms with E-state index in [0.29, 0.717) is 48.9 Å². The number of ether oxygens (including phenoxy) is 2. The summed E-state index contributed by atoms with van der Waals surface area (Å²) in [5.41, 5.74) is 1.35. The van der Waals surface area contributed by atoms with Crippen molar-refractivity contribution in [2.45, 2.75) is 0 Å². The molecule has 29 heavy (non-hydrogen) atoms. The van der Waals surface area contributed by atoms with Gasteiger partial charge in [0.05, 0.1) is 37.1 Å². The van der Waals surface area contributed by atoms with Gasteiger partial charge >= 0.3 is 0 Å². The van der Waals surface area contributed by atoms with E-state index >= 15 is 0 Å². The predicted molar refractivity (Wildman–Crippen MR) is 112 cm³/mol. The fourth-order valence-electron chi connectivity index (χ4n) is 3.47. The molecule has 6 nitrogen and oxygen atoms in total. The molecule has 1 aliphatic rings. The van der Waals surface area contributed by atoms with Gasteiger partial charge < -0.3 is 19.7 Å². The topological polar surface area (TPSA) is 67.9 Å². The van der Waals surface area contributed by atoms with Crippen LogP contribution in [0.25, 0.3) is 10.8 Å². The van der Waals surface area contributed by atoms with Gasteiger partial charge in [-0.2, -0.15) is 0 Å². The number of hydrogen-bond acceptors (Lipinski definition) is 4. The molecular formula is C23H22N2O4. The summed E-state index contributed by atoms with van der Waals surface area (Å²) in [4.78, 5) is 27.7. The van der Waals surface area contributed by atoms with E-state index in [4.69, 9.17) is 9.47 Å². The van der Waals surface area contributed by atoms with Gasteiger partial charge in [-0.15, -0.1) is 0 Å². The highest BCUT2D eigenvalue weighted by Gasteiger charge is 2.22. The number of carbonyl (C=O) groups excluding carboxylic acids is 2. The van der Waals surface area contributed by atoms with Crippen LogP contribution < -0.4 is 10.1 Å². The van der Waals surface area contributed by atoms with Crippen molar-refractivity contribution >= 4 is 28.3 Å². The van der Waals surface area contributed by atoms with Crippen LogP contribution in [0.15, 0.2) is 60.7 Å². The second-order valence-corrected chi connectivity index (χ2v) is 6.80. The molecule has 0 unspecified atom stereocenters. The van der Waals surface area contributed by atoms with Crippen LogP contribution in [0.3, 0.4) is 0 Å². The first-order valence-electron chi connectivity index (χ1n) is 9.51. The first kappa shape index (κ1) is 19.0. The van der Waals surface area contributed by atoms with Crippen LogP contribution in [0.5, 0.6) is 5.75 Å². The standard InChI is InChI=1S/C23H22N2O4/c1-28-21-15-17-7-3-2-6-16(17)14-19(21)22(26)24-20-9-5-4-8-18(20)23(27)25-10-12-29-13-11-25/h2-9,14-15H,10-13H2,1H3,(H,24,26). The maximum absolute atomic E-state index is 13.1. The van der Waals surface area contributed by atoms with Crippen molar-refractivity contribution in [3.63, 3.8) is 0 Å². The molecule has 0 saturated carbocycles. The molecule has 0 bridgehead atoms. The molecule has 1 aliphatic heterocycles. The molecule has 1 N–H and O–H groups in total. The molecular weight excluding hydrogens is 368 g/mol. The van der Waals surface area contributed by atoms with Gasteiger partial charge in [0, 0.05) is 13.1 Å². The average molecular weight is 390 g/mol. The largest absolute Gasteiger partial charge is 0.496 e. The zero-order chi connectivity index (χ0) is 20.2. The summed E-state index contributed by atoms with van der Waals surface area (Å²) in [6, 6.07) is 18.5. The van der Waals surface area contributed by atoms with E-state index in [1.165, 1.54) is 7.11 Å². The lowest BCUT2D eigenvalue weighted by molar-refractivity contribution is 0.0303. The third-order valence-corrected chi connectivity index (χ3v) is 5.02. The number of benzene rings is 3. The van der Waals surface area contributed by atoms with E-state index < -0.39 is 0 Å². The Labute approximate surface area is 169 Å². The van der Waals surface area contributed by atoms with Gasteiger partial charge in [-0.1, -0.05) is 36.4 Å². The Morgan fingerprint density at radius 1 is 0.931 bits per heavy atom. The summed E-state index contributed by atoms with van der Waals surface area (Å²) in [5, 5.41) is 4.82. The minimum Gasteiger partial charge on any atom is -0.496 e. The molecule has 3 aromatic carbocycles. The number of para-hydroxylation sites is 1. The zero-order valence-electron chi connectivity index (χ0n) is 16.2. The van der Waals surface area contributed by atoms with Crippen LogP contribution >= 0.6 is 0 Å². The second kappa shape index (κ2) is 8.32. The highest BCUT2D eigenvalue weighted by atomic mass is 16.5. The van der Waals surface area contributed by atoms with E-state index in [9.17, 15) is 9.59 Å². The quantitative estimate of drug-likeness (QED) is 0.740. The molecule has 0 aromatic heterocycles. The Balaban J connectivity index is 1.64. The maximum atomic E-state index is 13.1. The third-order valence-electron chi connectivity index (χ3n) is 5.02. The molecule has 2 amide bonds. The highest BCUT2D eigenvalue weighted by Crippen LogP contribution is 2.27. The van der Waals surface area contributed by atoms with Gasteiger partial charge in [-0.05, 0) is 35.0 Å². The summed E-state index contributed by atoms with van der Waals surface area (Å²) < 4.78 is 10.8. The van der Waals surface area contributed by atoms with Crippen LogP contribution in [-0.2, 0) is 4.74 Å². The summed E-state index contributed by atoms with van der Waals surface area (Å²) in [7, 11) is 1.54. The zero-order valence-corrected chi connectivity index (χ0v) is 16.2. The Kier molecular flexibility index (Phi) is 5.44. The van der Waals surface area contributed by atoms with Crippen molar-refractivity contribution < 1.29 is 19.1 Å². The van der Waals surface area contributed by atoms with E-state index in [1.807, 2.05) is 30.3 Å². The molecule has 1 fully saturated rings. The number of amides is 2. The first-order valence-corrected chi connectivity index (χ1v) is 9.51. The second-order valence-electron chi connectivity index (χ2n) is 6.80. The summed E-state index contributed by atoms with van der Waals surface area (Å²) in [6.45, 7) is 2.13. The van der Waals surface area contributed by atoms with Crippen LogP contribution in [-0.4, -0.2) is 50.1 Å². The lowest BCUT2D eigenvalue weighted by atomic mass is 10.0. The monoisotopic (exact) mass is 390 g/mol. The van der Waals surface area contributed by atoms with Crippen molar-refractivity contribution in [1.82, 2.24) is 4.90 Å². The molecule has 0 aliphatic carbocycles. The number of fused-ring (bicyclic) bond motifs is 1. The normalized spacial score (nSPS) is 13.9. The van der Waals surface area contributed by atoms with Crippen molar-refractivity contribution in [3.05, 3.63) is 71.8 Å². The summed E-state index contributed by atoms with van der Waals surface area (Å²) in [5.74, 6) is 0.0442. The number of hydrogen-bond donors (Lipinski definition) is 1. The van der Waals surface area contributed by atoms with Gasteiger partial charge in [0.1, 0.15) is 5.75 Å². The molecule has 4 rings (SSSR count). The van der Waals surface area contributed by atoms with Gasteiger partial charge in [0.15, 0.2) is 0 Å². The van der Waals surface area contributed by atoms with E-state index in [-0.39, 0.29) is 11.8 Å².